The largest absolute Gasteiger partial charge is 0.492 e. The quantitative estimate of drug-likeness (QED) is 0.918. The molecule has 2 aromatic carbocycles. The van der Waals surface area contributed by atoms with Crippen molar-refractivity contribution in [3.8, 4) is 16.9 Å². The Morgan fingerprint density at radius 1 is 1.10 bits per heavy atom. The predicted molar refractivity (Wildman–Crippen MR) is 83.4 cm³/mol. The number of rotatable bonds is 4. The molecule has 20 heavy (non-hydrogen) atoms. The van der Waals surface area contributed by atoms with Crippen LogP contribution in [-0.4, -0.2) is 19.7 Å². The third kappa shape index (κ3) is 3.14. The van der Waals surface area contributed by atoms with Crippen molar-refractivity contribution in [1.29, 1.82) is 0 Å². The smallest absolute Gasteiger partial charge is 0.137 e. The van der Waals surface area contributed by atoms with Crippen LogP contribution in [0.1, 0.15) is 6.42 Å². The molecule has 0 spiro atoms. The van der Waals surface area contributed by atoms with Crippen molar-refractivity contribution in [3.63, 3.8) is 0 Å². The molecule has 2 nitrogen and oxygen atoms in total. The molecule has 0 aliphatic carbocycles. The monoisotopic (exact) mass is 287 g/mol. The molecule has 1 fully saturated rings. The Labute approximate surface area is 124 Å². The van der Waals surface area contributed by atoms with E-state index in [1.807, 2.05) is 30.3 Å². The molecule has 3 heteroatoms. The van der Waals surface area contributed by atoms with Crippen molar-refractivity contribution < 1.29 is 4.74 Å². The van der Waals surface area contributed by atoms with Crippen molar-refractivity contribution >= 4 is 11.6 Å². The van der Waals surface area contributed by atoms with Crippen LogP contribution in [0.15, 0.2) is 48.5 Å². The van der Waals surface area contributed by atoms with Crippen LogP contribution >= 0.6 is 11.6 Å². The molecule has 2 aromatic rings. The van der Waals surface area contributed by atoms with E-state index in [4.69, 9.17) is 16.3 Å². The highest BCUT2D eigenvalue weighted by atomic mass is 35.5. The molecule has 0 aromatic heterocycles. The lowest BCUT2D eigenvalue weighted by Gasteiger charge is -2.13. The molecule has 1 saturated heterocycles. The predicted octanol–water partition coefficient (Wildman–Crippen LogP) is 4.00. The van der Waals surface area contributed by atoms with Gasteiger partial charge in [0.15, 0.2) is 0 Å². The fraction of sp³-hybridized carbons (Fsp3) is 0.294. The van der Waals surface area contributed by atoms with Gasteiger partial charge in [-0.05, 0) is 36.2 Å². The van der Waals surface area contributed by atoms with E-state index in [0.717, 1.165) is 31.0 Å². The summed E-state index contributed by atoms with van der Waals surface area (Å²) in [6, 6.07) is 16.2. The normalized spacial score (nSPS) is 18.1. The summed E-state index contributed by atoms with van der Waals surface area (Å²) in [6.45, 7) is 2.87. The van der Waals surface area contributed by atoms with Crippen molar-refractivity contribution in [1.82, 2.24) is 5.32 Å². The lowest BCUT2D eigenvalue weighted by Crippen LogP contribution is -2.15. The Kier molecular flexibility index (Phi) is 4.24. The van der Waals surface area contributed by atoms with Gasteiger partial charge in [-0.3, -0.25) is 0 Å². The van der Waals surface area contributed by atoms with E-state index in [1.54, 1.807) is 0 Å². The fourth-order valence-corrected chi connectivity index (χ4v) is 2.73. The summed E-state index contributed by atoms with van der Waals surface area (Å²) in [7, 11) is 0. The van der Waals surface area contributed by atoms with Gasteiger partial charge in [-0.15, -0.1) is 0 Å². The molecule has 104 valence electrons. The van der Waals surface area contributed by atoms with Crippen LogP contribution in [0.25, 0.3) is 11.1 Å². The highest BCUT2D eigenvalue weighted by Gasteiger charge is 2.15. The summed E-state index contributed by atoms with van der Waals surface area (Å²) < 4.78 is 5.84. The van der Waals surface area contributed by atoms with E-state index in [2.05, 4.69) is 23.5 Å². The van der Waals surface area contributed by atoms with Gasteiger partial charge in [0.25, 0.3) is 0 Å². The number of ether oxygens (including phenoxy) is 1. The third-order valence-electron chi connectivity index (χ3n) is 3.68. The van der Waals surface area contributed by atoms with Crippen molar-refractivity contribution in [2.45, 2.75) is 6.42 Å². The molecular weight excluding hydrogens is 270 g/mol. The second-order valence-electron chi connectivity index (χ2n) is 5.18. The molecule has 1 atom stereocenters. The van der Waals surface area contributed by atoms with Gasteiger partial charge < -0.3 is 10.1 Å². The summed E-state index contributed by atoms with van der Waals surface area (Å²) in [4.78, 5) is 0. The fourth-order valence-electron chi connectivity index (χ4n) is 2.49. The van der Waals surface area contributed by atoms with Crippen LogP contribution in [-0.2, 0) is 0 Å². The van der Waals surface area contributed by atoms with Crippen LogP contribution in [0.5, 0.6) is 5.75 Å². The average Bonchev–Trinajstić information content (AvgIpc) is 3.00. The van der Waals surface area contributed by atoms with E-state index < -0.39 is 0 Å². The lowest BCUT2D eigenvalue weighted by molar-refractivity contribution is 0.260. The zero-order valence-electron chi connectivity index (χ0n) is 11.3. The third-order valence-corrected chi connectivity index (χ3v) is 3.97. The van der Waals surface area contributed by atoms with Crippen LogP contribution in [0, 0.1) is 5.92 Å². The molecule has 1 heterocycles. The van der Waals surface area contributed by atoms with E-state index >= 15 is 0 Å². The SMILES string of the molecule is Clc1cc(-c2ccccc2)ccc1OC[C@@H]1CCNC1. The molecule has 0 bridgehead atoms. The number of halogens is 1. The van der Waals surface area contributed by atoms with Gasteiger partial charge in [0.1, 0.15) is 5.75 Å². The molecule has 0 unspecified atom stereocenters. The van der Waals surface area contributed by atoms with Crippen LogP contribution in [0.3, 0.4) is 0 Å². The standard InChI is InChI=1S/C17H18ClNO/c18-16-10-15(14-4-2-1-3-5-14)6-7-17(16)20-12-13-8-9-19-11-13/h1-7,10,13,19H,8-9,11-12H2/t13-/m1/s1. The Morgan fingerprint density at radius 2 is 1.95 bits per heavy atom. The number of benzene rings is 2. The van der Waals surface area contributed by atoms with Crippen molar-refractivity contribution in [3.05, 3.63) is 53.6 Å². The summed E-state index contributed by atoms with van der Waals surface area (Å²) >= 11 is 6.32. The lowest BCUT2D eigenvalue weighted by atomic mass is 10.1. The number of hydrogen-bond donors (Lipinski definition) is 1. The maximum atomic E-state index is 6.32. The summed E-state index contributed by atoms with van der Waals surface area (Å²) in [5.74, 6) is 1.37. The van der Waals surface area contributed by atoms with Crippen molar-refractivity contribution in [2.75, 3.05) is 19.7 Å². The van der Waals surface area contributed by atoms with Crippen molar-refractivity contribution in [2.24, 2.45) is 5.92 Å². The van der Waals surface area contributed by atoms with Gasteiger partial charge in [-0.2, -0.15) is 0 Å². The van der Waals surface area contributed by atoms with Gasteiger partial charge in [0, 0.05) is 12.5 Å². The topological polar surface area (TPSA) is 21.3 Å². The van der Waals surface area contributed by atoms with Gasteiger partial charge in [0.05, 0.1) is 11.6 Å². The number of nitrogens with one attached hydrogen (secondary N) is 1. The second kappa shape index (κ2) is 6.29. The van der Waals surface area contributed by atoms with Gasteiger partial charge in [0.2, 0.25) is 0 Å². The molecule has 0 saturated carbocycles. The van der Waals surface area contributed by atoms with Gasteiger partial charge in [-0.1, -0.05) is 48.0 Å². The minimum atomic E-state index is 0.597. The van der Waals surface area contributed by atoms with Crippen LogP contribution in [0.2, 0.25) is 5.02 Å². The highest BCUT2D eigenvalue weighted by Crippen LogP contribution is 2.30. The molecular formula is C17H18ClNO. The Morgan fingerprint density at radius 3 is 2.65 bits per heavy atom. The molecule has 3 rings (SSSR count). The average molecular weight is 288 g/mol. The molecule has 0 amide bonds. The van der Waals surface area contributed by atoms with Gasteiger partial charge >= 0.3 is 0 Å². The van der Waals surface area contributed by atoms with E-state index in [1.165, 1.54) is 12.0 Å². The Bertz CT molecular complexity index is 564. The first kappa shape index (κ1) is 13.5. The van der Waals surface area contributed by atoms with E-state index in [9.17, 15) is 0 Å². The maximum absolute atomic E-state index is 6.32. The maximum Gasteiger partial charge on any atom is 0.137 e. The number of hydrogen-bond acceptors (Lipinski definition) is 2. The second-order valence-corrected chi connectivity index (χ2v) is 5.59. The van der Waals surface area contributed by atoms with Gasteiger partial charge in [-0.25, -0.2) is 0 Å². The summed E-state index contributed by atoms with van der Waals surface area (Å²) in [6.07, 6.45) is 1.18. The first-order valence-electron chi connectivity index (χ1n) is 7.01. The Balaban J connectivity index is 1.71. The minimum absolute atomic E-state index is 0.597. The molecule has 1 aliphatic rings. The van der Waals surface area contributed by atoms with E-state index in [0.29, 0.717) is 10.9 Å². The zero-order valence-corrected chi connectivity index (χ0v) is 12.1. The summed E-state index contributed by atoms with van der Waals surface area (Å²) in [5.41, 5.74) is 2.28. The summed E-state index contributed by atoms with van der Waals surface area (Å²) in [5, 5.41) is 4.02. The first-order valence-corrected chi connectivity index (χ1v) is 7.39. The molecule has 1 aliphatic heterocycles. The van der Waals surface area contributed by atoms with Crippen LogP contribution < -0.4 is 10.1 Å². The molecule has 1 N–H and O–H groups in total. The van der Waals surface area contributed by atoms with E-state index in [-0.39, 0.29) is 0 Å². The zero-order chi connectivity index (χ0) is 13.8. The molecule has 0 radical (unpaired) electrons. The van der Waals surface area contributed by atoms with Crippen LogP contribution in [0.4, 0.5) is 0 Å². The Hall–Kier alpha value is -1.51. The highest BCUT2D eigenvalue weighted by molar-refractivity contribution is 6.32. The first-order chi connectivity index (χ1) is 9.83. The minimum Gasteiger partial charge on any atom is -0.492 e.